The van der Waals surface area contributed by atoms with Crippen LogP contribution in [0.15, 0.2) is 0 Å². The molecule has 2 saturated heterocycles. The van der Waals surface area contributed by atoms with Gasteiger partial charge in [0.05, 0.1) is 12.2 Å². The van der Waals surface area contributed by atoms with Gasteiger partial charge in [-0.05, 0) is 19.8 Å². The van der Waals surface area contributed by atoms with E-state index in [1.165, 1.54) is 11.8 Å². The molecule has 0 saturated carbocycles. The van der Waals surface area contributed by atoms with Crippen LogP contribution < -0.4 is 0 Å². The van der Waals surface area contributed by atoms with Crippen molar-refractivity contribution in [2.45, 2.75) is 44.4 Å². The van der Waals surface area contributed by atoms with Crippen LogP contribution in [0.3, 0.4) is 0 Å². The van der Waals surface area contributed by atoms with Gasteiger partial charge in [0, 0.05) is 19.0 Å². The number of carboxylic acid groups (broad SMARTS) is 1. The molecule has 3 unspecified atom stereocenters. The Labute approximate surface area is 145 Å². The number of carboxylic acids is 1. The highest BCUT2D eigenvalue weighted by Gasteiger charge is 2.47. The summed E-state index contributed by atoms with van der Waals surface area (Å²) in [7, 11) is -4.00. The van der Waals surface area contributed by atoms with Crippen molar-refractivity contribution < 1.29 is 32.7 Å². The number of amides is 3. The normalized spacial score (nSPS) is 25.5. The fourth-order valence-electron chi connectivity index (χ4n) is 3.37. The summed E-state index contributed by atoms with van der Waals surface area (Å²) in [5, 5.41) is 7.69. The molecule has 0 aromatic rings. The van der Waals surface area contributed by atoms with Crippen LogP contribution in [0.1, 0.15) is 33.1 Å². The maximum absolute atomic E-state index is 12.5. The van der Waals surface area contributed by atoms with Gasteiger partial charge in [-0.2, -0.15) is 0 Å². The van der Waals surface area contributed by atoms with Crippen LogP contribution in [0.4, 0.5) is 0 Å². The van der Waals surface area contributed by atoms with Crippen LogP contribution in [0, 0.1) is 5.92 Å². The van der Waals surface area contributed by atoms with Crippen molar-refractivity contribution in [1.29, 1.82) is 0 Å². The predicted octanol–water partition coefficient (Wildman–Crippen LogP) is -0.740. The molecule has 1 N–H and O–H groups in total. The number of hydrogen-bond donors (Lipinski definition) is 1. The smallest absolute Gasteiger partial charge is 0.326 e. The number of sulfone groups is 1. The van der Waals surface area contributed by atoms with E-state index in [-0.39, 0.29) is 13.1 Å². The van der Waals surface area contributed by atoms with Gasteiger partial charge in [-0.25, -0.2) is 13.2 Å². The lowest BCUT2D eigenvalue weighted by Gasteiger charge is -2.25. The maximum atomic E-state index is 12.5. The highest BCUT2D eigenvalue weighted by atomic mass is 32.2. The van der Waals surface area contributed by atoms with Crippen LogP contribution in [0.5, 0.6) is 0 Å². The minimum absolute atomic E-state index is 0.103. The Morgan fingerprint density at radius 1 is 1.32 bits per heavy atom. The molecular weight excluding hydrogens is 352 g/mol. The monoisotopic (exact) mass is 374 g/mol. The third-order valence-electron chi connectivity index (χ3n) is 4.68. The molecule has 10 heteroatoms. The average molecular weight is 374 g/mol. The topological polar surface area (TPSA) is 129 Å². The summed E-state index contributed by atoms with van der Waals surface area (Å²) in [5.74, 6) is -4.53. The van der Waals surface area contributed by atoms with Crippen molar-refractivity contribution >= 4 is 33.5 Å². The highest BCUT2D eigenvalue weighted by Crippen LogP contribution is 2.24. The minimum atomic E-state index is -4.00. The number of carbonyl (C=O) groups excluding carboxylic acids is 3. The molecule has 0 aromatic carbocycles. The molecule has 0 aromatic heterocycles. The van der Waals surface area contributed by atoms with Crippen molar-refractivity contribution in [3.63, 3.8) is 0 Å². The molecule has 25 heavy (non-hydrogen) atoms. The van der Waals surface area contributed by atoms with E-state index in [2.05, 4.69) is 0 Å². The zero-order valence-electron chi connectivity index (χ0n) is 14.2. The molecule has 0 spiro atoms. The van der Waals surface area contributed by atoms with Crippen molar-refractivity contribution in [1.82, 2.24) is 9.80 Å². The lowest BCUT2D eigenvalue weighted by atomic mass is 10.1. The molecule has 2 fully saturated rings. The van der Waals surface area contributed by atoms with Gasteiger partial charge in [0.25, 0.3) is 0 Å². The molecule has 2 heterocycles. The molecule has 2 aliphatic heterocycles. The van der Waals surface area contributed by atoms with Gasteiger partial charge in [-0.15, -0.1) is 0 Å². The quantitative estimate of drug-likeness (QED) is 0.606. The van der Waals surface area contributed by atoms with E-state index >= 15 is 0 Å². The number of aliphatic carboxylic acids is 1. The summed E-state index contributed by atoms with van der Waals surface area (Å²) < 4.78 is 25.0. The second-order valence-corrected chi connectivity index (χ2v) is 8.66. The first-order valence-electron chi connectivity index (χ1n) is 8.19. The second kappa shape index (κ2) is 7.11. The zero-order chi connectivity index (χ0) is 18.9. The molecule has 2 rings (SSSR count). The van der Waals surface area contributed by atoms with Crippen molar-refractivity contribution in [2.75, 3.05) is 18.8 Å². The first-order valence-corrected chi connectivity index (χ1v) is 9.90. The van der Waals surface area contributed by atoms with E-state index in [9.17, 15) is 27.6 Å². The number of rotatable bonds is 6. The first-order chi connectivity index (χ1) is 11.6. The van der Waals surface area contributed by atoms with Crippen LogP contribution in [-0.2, 0) is 29.0 Å². The van der Waals surface area contributed by atoms with Gasteiger partial charge in [-0.3, -0.25) is 19.3 Å². The minimum Gasteiger partial charge on any atom is -0.480 e. The first kappa shape index (κ1) is 19.4. The van der Waals surface area contributed by atoms with Crippen LogP contribution in [-0.4, -0.2) is 77.1 Å². The Kier molecular flexibility index (Phi) is 5.50. The SMILES string of the molecule is CCN1C(=O)CC(S(=O)(=O)CC(C)C(=O)N2CCCC2C(=O)O)C1=O. The summed E-state index contributed by atoms with van der Waals surface area (Å²) in [6, 6.07) is -0.942. The second-order valence-electron chi connectivity index (χ2n) is 6.43. The number of carbonyl (C=O) groups is 4. The number of imide groups is 1. The van der Waals surface area contributed by atoms with Gasteiger partial charge in [0.2, 0.25) is 17.7 Å². The lowest BCUT2D eigenvalue weighted by molar-refractivity contribution is -0.149. The lowest BCUT2D eigenvalue weighted by Crippen LogP contribution is -2.45. The van der Waals surface area contributed by atoms with E-state index in [0.717, 1.165) is 4.90 Å². The van der Waals surface area contributed by atoms with Gasteiger partial charge in [0.1, 0.15) is 11.3 Å². The fraction of sp³-hybridized carbons (Fsp3) is 0.733. The molecule has 9 nitrogen and oxygen atoms in total. The van der Waals surface area contributed by atoms with E-state index in [0.29, 0.717) is 12.8 Å². The summed E-state index contributed by atoms with van der Waals surface area (Å²) in [4.78, 5) is 49.5. The number of hydrogen-bond acceptors (Lipinski definition) is 6. The third-order valence-corrected chi connectivity index (χ3v) is 6.88. The van der Waals surface area contributed by atoms with Crippen LogP contribution in [0.25, 0.3) is 0 Å². The van der Waals surface area contributed by atoms with E-state index in [4.69, 9.17) is 5.11 Å². The highest BCUT2D eigenvalue weighted by molar-refractivity contribution is 7.92. The van der Waals surface area contributed by atoms with Crippen molar-refractivity contribution in [3.8, 4) is 0 Å². The predicted molar refractivity (Wildman–Crippen MR) is 86.1 cm³/mol. The Morgan fingerprint density at radius 3 is 2.48 bits per heavy atom. The Bertz CT molecular complexity index is 703. The molecule has 140 valence electrons. The Morgan fingerprint density at radius 2 is 1.96 bits per heavy atom. The van der Waals surface area contributed by atoms with E-state index in [1.807, 2.05) is 0 Å². The molecule has 3 amide bonds. The molecule has 2 aliphatic rings. The largest absolute Gasteiger partial charge is 0.480 e. The molecular formula is C15H22N2O7S. The van der Waals surface area contributed by atoms with Crippen LogP contribution >= 0.6 is 0 Å². The molecule has 0 aliphatic carbocycles. The summed E-state index contributed by atoms with van der Waals surface area (Å²) in [5.41, 5.74) is 0. The van der Waals surface area contributed by atoms with Gasteiger partial charge in [0.15, 0.2) is 9.84 Å². The summed E-state index contributed by atoms with van der Waals surface area (Å²) in [6.07, 6.45) is 0.474. The average Bonchev–Trinajstić information content (AvgIpc) is 3.11. The van der Waals surface area contributed by atoms with Crippen LogP contribution in [0.2, 0.25) is 0 Å². The van der Waals surface area contributed by atoms with Gasteiger partial charge < -0.3 is 10.0 Å². The van der Waals surface area contributed by atoms with Crippen molar-refractivity contribution in [2.24, 2.45) is 5.92 Å². The molecule has 3 atom stereocenters. The standard InChI is InChI=1S/C15H22N2O7S/c1-3-16-12(18)7-11(14(16)20)25(23,24)8-9(2)13(19)17-6-4-5-10(17)15(21)22/h9-11H,3-8H2,1-2H3,(H,21,22). The summed E-state index contributed by atoms with van der Waals surface area (Å²) >= 11 is 0. The van der Waals surface area contributed by atoms with E-state index < -0.39 is 62.9 Å². The Hall–Kier alpha value is -1.97. The molecule has 0 radical (unpaired) electrons. The zero-order valence-corrected chi connectivity index (χ0v) is 15.0. The van der Waals surface area contributed by atoms with Crippen molar-refractivity contribution in [3.05, 3.63) is 0 Å². The summed E-state index contributed by atoms with van der Waals surface area (Å²) in [6.45, 7) is 3.35. The number of nitrogens with zero attached hydrogens (tertiary/aromatic N) is 2. The Balaban J connectivity index is 2.10. The molecule has 0 bridgehead atoms. The van der Waals surface area contributed by atoms with Gasteiger partial charge >= 0.3 is 5.97 Å². The van der Waals surface area contributed by atoms with Gasteiger partial charge in [-0.1, -0.05) is 6.92 Å². The third kappa shape index (κ3) is 3.68. The van der Waals surface area contributed by atoms with E-state index in [1.54, 1.807) is 6.92 Å². The maximum Gasteiger partial charge on any atom is 0.326 e. The fourth-order valence-corrected chi connectivity index (χ4v) is 5.27. The number of likely N-dealkylation sites (tertiary alicyclic amines) is 2.